The first-order valence-electron chi connectivity index (χ1n) is 20.2. The van der Waals surface area contributed by atoms with Crippen LogP contribution in [0.4, 0.5) is 5.69 Å². The van der Waals surface area contributed by atoms with E-state index in [-0.39, 0.29) is 21.7 Å². The van der Waals surface area contributed by atoms with Crippen molar-refractivity contribution in [3.05, 3.63) is 148 Å². The highest BCUT2D eigenvalue weighted by atomic mass is 35.5. The lowest BCUT2D eigenvalue weighted by Gasteiger charge is -2.21. The van der Waals surface area contributed by atoms with Gasteiger partial charge in [0.05, 0.1) is 45.0 Å². The molecule has 8 aromatic rings. The summed E-state index contributed by atoms with van der Waals surface area (Å²) in [7, 11) is 0. The highest BCUT2D eigenvalue weighted by Gasteiger charge is 2.26. The molecule has 0 N–H and O–H groups in total. The van der Waals surface area contributed by atoms with Crippen LogP contribution in [0.2, 0.25) is 5.02 Å². The van der Waals surface area contributed by atoms with Crippen LogP contribution >= 0.6 is 11.6 Å². The first-order chi connectivity index (χ1) is 26.6. The molecule has 0 fully saturated rings. The molecule has 0 amide bonds. The van der Waals surface area contributed by atoms with Gasteiger partial charge >= 0.3 is 0 Å². The molecule has 288 valence electrons. The molecule has 8 rings (SSSR count). The predicted octanol–water partition coefficient (Wildman–Crippen LogP) is 15.9. The van der Waals surface area contributed by atoms with E-state index in [1.54, 1.807) is 0 Å². The largest absolute Gasteiger partial charge is 0.308 e. The van der Waals surface area contributed by atoms with Gasteiger partial charge in [-0.1, -0.05) is 137 Å². The number of hydrogen-bond acceptors (Lipinski definition) is 0. The zero-order valence-corrected chi connectivity index (χ0v) is 36.4. The van der Waals surface area contributed by atoms with Crippen LogP contribution in [0.25, 0.3) is 71.0 Å². The van der Waals surface area contributed by atoms with Crippen LogP contribution in [0.1, 0.15) is 105 Å². The van der Waals surface area contributed by atoms with Gasteiger partial charge < -0.3 is 9.13 Å². The summed E-state index contributed by atoms with van der Waals surface area (Å²) in [6.07, 6.45) is 0. The third kappa shape index (κ3) is 6.63. The van der Waals surface area contributed by atoms with Crippen LogP contribution in [0.3, 0.4) is 0 Å². The number of hydrogen-bond donors (Lipinski definition) is 0. The van der Waals surface area contributed by atoms with Gasteiger partial charge in [0, 0.05) is 21.5 Å². The van der Waals surface area contributed by atoms with E-state index in [1.807, 2.05) is 18.2 Å². The Morgan fingerprint density at radius 2 is 0.754 bits per heavy atom. The maximum atomic E-state index is 7.94. The summed E-state index contributed by atoms with van der Waals surface area (Å²) >= 11 is 7.94. The lowest BCUT2D eigenvalue weighted by Crippen LogP contribution is -2.10. The Balaban J connectivity index is 1.53. The molecule has 6 aromatic carbocycles. The fourth-order valence-electron chi connectivity index (χ4n) is 8.27. The maximum Gasteiger partial charge on any atom is 0.187 e. The van der Waals surface area contributed by atoms with Crippen molar-refractivity contribution >= 4 is 60.9 Å². The topological polar surface area (TPSA) is 14.2 Å². The number of fused-ring (bicyclic) bond motifs is 6. The van der Waals surface area contributed by atoms with Crippen LogP contribution in [0, 0.1) is 6.57 Å². The summed E-state index contributed by atoms with van der Waals surface area (Å²) in [4.78, 5) is 3.81. The Labute approximate surface area is 343 Å². The number of benzene rings is 6. The zero-order valence-electron chi connectivity index (χ0n) is 35.6. The summed E-state index contributed by atoms with van der Waals surface area (Å²) in [5.74, 6) is 0. The van der Waals surface area contributed by atoms with Crippen molar-refractivity contribution in [2.45, 2.75) is 105 Å². The molecular formula is C53H54ClN3. The van der Waals surface area contributed by atoms with Crippen LogP contribution in [0.15, 0.2) is 109 Å². The van der Waals surface area contributed by atoms with Gasteiger partial charge in [-0.25, -0.2) is 4.85 Å². The molecule has 0 saturated heterocycles. The Kier molecular flexibility index (Phi) is 8.88. The first kappa shape index (κ1) is 38.6. The Morgan fingerprint density at radius 1 is 0.421 bits per heavy atom. The molecule has 0 spiro atoms. The van der Waals surface area contributed by atoms with Crippen LogP contribution in [-0.4, -0.2) is 9.13 Å². The van der Waals surface area contributed by atoms with E-state index in [0.717, 1.165) is 44.6 Å². The standard InChI is InChI=1S/C53H54ClN3/c1-50(2,3)34-17-21-43-39(28-34)40-29-35(51(4,5)6)18-22-44(40)56(43)47-26-33(32-15-14-16-38(25-32)55-13)27-48(49(47)54)57-45-23-19-36(52(7,8)9)30-41(45)42-31-37(53(10,11)12)20-24-46(42)57/h14-31H,1-12H3. The predicted molar refractivity (Wildman–Crippen MR) is 247 cm³/mol. The minimum Gasteiger partial charge on any atom is -0.308 e. The normalized spacial score (nSPS) is 13.0. The van der Waals surface area contributed by atoms with Crippen molar-refractivity contribution in [3.63, 3.8) is 0 Å². The fraction of sp³-hybridized carbons (Fsp3) is 0.302. The number of nitrogens with zero attached hydrogens (tertiary/aromatic N) is 3. The van der Waals surface area contributed by atoms with Crippen molar-refractivity contribution in [2.24, 2.45) is 0 Å². The quantitative estimate of drug-likeness (QED) is 0.159. The van der Waals surface area contributed by atoms with Gasteiger partial charge in [0.1, 0.15) is 0 Å². The minimum atomic E-state index is -0.0147. The summed E-state index contributed by atoms with van der Waals surface area (Å²) in [6, 6.07) is 40.1. The van der Waals surface area contributed by atoms with Crippen molar-refractivity contribution < 1.29 is 0 Å². The summed E-state index contributed by atoms with van der Waals surface area (Å²) < 4.78 is 4.72. The molecule has 0 saturated carbocycles. The van der Waals surface area contributed by atoms with E-state index in [4.69, 9.17) is 18.2 Å². The van der Waals surface area contributed by atoms with Gasteiger partial charge in [-0.3, -0.25) is 0 Å². The smallest absolute Gasteiger partial charge is 0.187 e. The SMILES string of the molecule is [C-]#[N+]c1cccc(-c2cc(-n3c4ccc(C(C)(C)C)cc4c4cc(C(C)(C)C)ccc43)c(Cl)c(-n3c4ccc(C(C)(C)C)cc4c4cc(C(C)(C)C)ccc43)c2)c1. The molecule has 0 aliphatic heterocycles. The van der Waals surface area contributed by atoms with Crippen LogP contribution in [-0.2, 0) is 21.7 Å². The third-order valence-electron chi connectivity index (χ3n) is 11.8. The van der Waals surface area contributed by atoms with E-state index in [2.05, 4.69) is 188 Å². The van der Waals surface area contributed by atoms with Gasteiger partial charge in [0.2, 0.25) is 0 Å². The molecule has 0 atom stereocenters. The monoisotopic (exact) mass is 767 g/mol. The van der Waals surface area contributed by atoms with Gasteiger partial charge in [0.15, 0.2) is 5.69 Å². The molecule has 0 radical (unpaired) electrons. The number of aromatic nitrogens is 2. The van der Waals surface area contributed by atoms with Gasteiger partial charge in [0.25, 0.3) is 0 Å². The minimum absolute atomic E-state index is 0.0147. The lowest BCUT2D eigenvalue weighted by molar-refractivity contribution is 0.590. The average molecular weight is 768 g/mol. The van der Waals surface area contributed by atoms with E-state index >= 15 is 0 Å². The molecule has 2 aromatic heterocycles. The highest BCUT2D eigenvalue weighted by Crippen LogP contribution is 2.45. The van der Waals surface area contributed by atoms with E-state index in [9.17, 15) is 0 Å². The first-order valence-corrected chi connectivity index (χ1v) is 20.5. The summed E-state index contributed by atoms with van der Waals surface area (Å²) in [5.41, 5.74) is 13.9. The third-order valence-corrected chi connectivity index (χ3v) is 12.2. The molecule has 0 bridgehead atoms. The second-order valence-electron chi connectivity index (χ2n) is 20.1. The lowest BCUT2D eigenvalue weighted by atomic mass is 9.85. The molecule has 4 heteroatoms. The Bertz CT molecular complexity index is 2640. The van der Waals surface area contributed by atoms with Gasteiger partial charge in [-0.15, -0.1) is 0 Å². The summed E-state index contributed by atoms with van der Waals surface area (Å²) in [5, 5.41) is 5.51. The molecule has 3 nitrogen and oxygen atoms in total. The Hall–Kier alpha value is -5.30. The molecule has 2 heterocycles. The fourth-order valence-corrected chi connectivity index (χ4v) is 8.55. The number of rotatable bonds is 3. The second kappa shape index (κ2) is 13.1. The van der Waals surface area contributed by atoms with Gasteiger partial charge in [-0.05, 0) is 122 Å². The van der Waals surface area contributed by atoms with Crippen molar-refractivity contribution in [1.82, 2.24) is 9.13 Å². The molecular weight excluding hydrogens is 714 g/mol. The van der Waals surface area contributed by atoms with Crippen molar-refractivity contribution in [1.29, 1.82) is 0 Å². The van der Waals surface area contributed by atoms with Crippen molar-refractivity contribution in [3.8, 4) is 22.5 Å². The van der Waals surface area contributed by atoms with Crippen LogP contribution in [0.5, 0.6) is 0 Å². The molecule has 0 unspecified atom stereocenters. The zero-order chi connectivity index (χ0) is 41.0. The van der Waals surface area contributed by atoms with Crippen LogP contribution < -0.4 is 0 Å². The van der Waals surface area contributed by atoms with E-state index in [0.29, 0.717) is 10.7 Å². The van der Waals surface area contributed by atoms with E-state index < -0.39 is 0 Å². The summed E-state index contributed by atoms with van der Waals surface area (Å²) in [6.45, 7) is 35.2. The molecule has 0 aliphatic rings. The average Bonchev–Trinajstić information content (AvgIpc) is 3.65. The van der Waals surface area contributed by atoms with E-state index in [1.165, 1.54) is 43.8 Å². The maximum absolute atomic E-state index is 7.94. The number of halogens is 1. The highest BCUT2D eigenvalue weighted by molar-refractivity contribution is 6.35. The second-order valence-corrected chi connectivity index (χ2v) is 20.5. The van der Waals surface area contributed by atoms with Crippen molar-refractivity contribution in [2.75, 3.05) is 0 Å². The molecule has 0 aliphatic carbocycles. The Morgan fingerprint density at radius 3 is 1.05 bits per heavy atom. The van der Waals surface area contributed by atoms with Gasteiger partial charge in [-0.2, -0.15) is 0 Å². The molecule has 57 heavy (non-hydrogen) atoms.